The Morgan fingerprint density at radius 2 is 1.95 bits per heavy atom. The molecule has 0 spiro atoms. The number of hydrogen-bond donors (Lipinski definition) is 2. The molecule has 2 rings (SSSR count). The number of anilines is 1. The van der Waals surface area contributed by atoms with Crippen LogP contribution >= 0.6 is 0 Å². The average molecular weight is 289 g/mol. The topological polar surface area (TPSA) is 73.3 Å². The fourth-order valence-electron chi connectivity index (χ4n) is 1.72. The Kier molecular flexibility index (Phi) is 3.70. The second-order valence-corrected chi connectivity index (χ2v) is 6.70. The number of nitrogens with zero attached hydrogens (tertiary/aromatic N) is 1. The van der Waals surface area contributed by atoms with Crippen molar-refractivity contribution >= 4 is 21.4 Å². The van der Waals surface area contributed by atoms with E-state index in [9.17, 15) is 17.8 Å². The highest BCUT2D eigenvalue weighted by atomic mass is 32.2. The van der Waals surface area contributed by atoms with Gasteiger partial charge in [0.25, 0.3) is 0 Å². The number of carbonyl (C=O) groups is 1. The van der Waals surface area contributed by atoms with E-state index in [0.717, 1.165) is 18.2 Å². The van der Waals surface area contributed by atoms with Crippen LogP contribution in [-0.4, -0.2) is 39.7 Å². The van der Waals surface area contributed by atoms with Gasteiger partial charge in [-0.05, 0) is 12.1 Å². The van der Waals surface area contributed by atoms with Gasteiger partial charge in [-0.15, -0.1) is 0 Å². The number of benzene rings is 1. The monoisotopic (exact) mass is 289 g/mol. The standard InChI is InChI=1S/C11H13F2N3O2S/c12-8-1-2-9(13)10(7-8)15-11(17)16-3-5-19(14,18)6-4-16/h1-2,7,14H,3-6H2,(H,15,17). The highest BCUT2D eigenvalue weighted by Crippen LogP contribution is 2.16. The van der Waals surface area contributed by atoms with Gasteiger partial charge >= 0.3 is 6.03 Å². The molecule has 0 aromatic heterocycles. The average Bonchev–Trinajstić information content (AvgIpc) is 2.33. The van der Waals surface area contributed by atoms with Crippen LogP contribution < -0.4 is 5.32 Å². The second-order valence-electron chi connectivity index (χ2n) is 4.26. The number of nitrogens with one attached hydrogen (secondary N) is 2. The molecule has 1 aromatic carbocycles. The van der Waals surface area contributed by atoms with Crippen molar-refractivity contribution in [3.8, 4) is 0 Å². The van der Waals surface area contributed by atoms with Gasteiger partial charge < -0.3 is 10.2 Å². The number of halogens is 2. The first-order chi connectivity index (χ1) is 8.87. The molecule has 2 N–H and O–H groups in total. The molecule has 0 atom stereocenters. The summed E-state index contributed by atoms with van der Waals surface area (Å²) in [5, 5.41) is 2.27. The maximum atomic E-state index is 13.3. The van der Waals surface area contributed by atoms with Crippen molar-refractivity contribution in [1.29, 1.82) is 4.78 Å². The summed E-state index contributed by atoms with van der Waals surface area (Å²) < 4.78 is 45.1. The van der Waals surface area contributed by atoms with E-state index in [1.807, 2.05) is 0 Å². The molecule has 1 saturated heterocycles. The van der Waals surface area contributed by atoms with Crippen molar-refractivity contribution in [1.82, 2.24) is 4.90 Å². The summed E-state index contributed by atoms with van der Waals surface area (Å²) in [5.41, 5.74) is -0.234. The first kappa shape index (κ1) is 13.7. The van der Waals surface area contributed by atoms with Gasteiger partial charge in [0.2, 0.25) is 0 Å². The van der Waals surface area contributed by atoms with Gasteiger partial charge in [0, 0.05) is 40.4 Å². The lowest BCUT2D eigenvalue weighted by molar-refractivity contribution is 0.216. The summed E-state index contributed by atoms with van der Waals surface area (Å²) in [6.45, 7) is 0.343. The van der Waals surface area contributed by atoms with Crippen LogP contribution in [0.25, 0.3) is 0 Å². The molecule has 104 valence electrons. The molecule has 1 aromatic rings. The molecule has 19 heavy (non-hydrogen) atoms. The summed E-state index contributed by atoms with van der Waals surface area (Å²) in [4.78, 5) is 13.1. The Bertz CT molecular complexity index is 590. The Hall–Kier alpha value is -1.70. The van der Waals surface area contributed by atoms with E-state index >= 15 is 0 Å². The molecule has 0 radical (unpaired) electrons. The zero-order valence-electron chi connectivity index (χ0n) is 9.99. The molecular weight excluding hydrogens is 276 g/mol. The summed E-state index contributed by atoms with van der Waals surface area (Å²) in [6.07, 6.45) is 0. The lowest BCUT2D eigenvalue weighted by Crippen LogP contribution is -2.45. The summed E-state index contributed by atoms with van der Waals surface area (Å²) in [7, 11) is -2.59. The summed E-state index contributed by atoms with van der Waals surface area (Å²) >= 11 is 0. The number of carbonyl (C=O) groups excluding carboxylic acids is 1. The molecule has 8 heteroatoms. The SMILES string of the molecule is N=S1(=O)CCN(C(=O)Nc2cc(F)ccc2F)CC1. The maximum absolute atomic E-state index is 13.3. The van der Waals surface area contributed by atoms with Crippen LogP contribution in [0.1, 0.15) is 0 Å². The summed E-state index contributed by atoms with van der Waals surface area (Å²) in [5.74, 6) is -1.17. The van der Waals surface area contributed by atoms with Crippen LogP contribution in [0.2, 0.25) is 0 Å². The lowest BCUT2D eigenvalue weighted by Gasteiger charge is -2.28. The molecule has 0 unspecified atom stereocenters. The predicted octanol–water partition coefficient (Wildman–Crippen LogP) is 1.86. The fraction of sp³-hybridized carbons (Fsp3) is 0.364. The molecule has 1 aliphatic rings. The largest absolute Gasteiger partial charge is 0.323 e. The minimum Gasteiger partial charge on any atom is -0.323 e. The molecular formula is C11H13F2N3O2S. The van der Waals surface area contributed by atoms with Crippen molar-refractivity contribution in [2.24, 2.45) is 0 Å². The Morgan fingerprint density at radius 1 is 1.32 bits per heavy atom. The second kappa shape index (κ2) is 5.12. The maximum Gasteiger partial charge on any atom is 0.321 e. The van der Waals surface area contributed by atoms with Gasteiger partial charge in [-0.2, -0.15) is 0 Å². The molecule has 1 fully saturated rings. The Morgan fingerprint density at radius 3 is 2.58 bits per heavy atom. The van der Waals surface area contributed by atoms with Crippen LogP contribution in [0.4, 0.5) is 19.3 Å². The van der Waals surface area contributed by atoms with Crippen LogP contribution in [0.5, 0.6) is 0 Å². The van der Waals surface area contributed by atoms with Gasteiger partial charge in [0.15, 0.2) is 0 Å². The van der Waals surface area contributed by atoms with Crippen LogP contribution in [-0.2, 0) is 9.73 Å². The van der Waals surface area contributed by atoms with E-state index in [0.29, 0.717) is 0 Å². The van der Waals surface area contributed by atoms with Crippen molar-refractivity contribution in [2.45, 2.75) is 0 Å². The lowest BCUT2D eigenvalue weighted by atomic mass is 10.3. The Balaban J connectivity index is 2.04. The highest BCUT2D eigenvalue weighted by molar-refractivity contribution is 7.92. The predicted molar refractivity (Wildman–Crippen MR) is 67.5 cm³/mol. The molecule has 1 heterocycles. The number of urea groups is 1. The number of hydrogen-bond acceptors (Lipinski definition) is 3. The number of amides is 2. The van der Waals surface area contributed by atoms with Crippen LogP contribution in [0.3, 0.4) is 0 Å². The van der Waals surface area contributed by atoms with Crippen molar-refractivity contribution in [2.75, 3.05) is 29.9 Å². The van der Waals surface area contributed by atoms with E-state index in [-0.39, 0.29) is 30.3 Å². The first-order valence-corrected chi connectivity index (χ1v) is 7.52. The Labute approximate surface area is 109 Å². The van der Waals surface area contributed by atoms with Gasteiger partial charge in [-0.1, -0.05) is 0 Å². The third-order valence-electron chi connectivity index (χ3n) is 2.84. The fourth-order valence-corrected chi connectivity index (χ4v) is 2.95. The van der Waals surface area contributed by atoms with E-state index in [2.05, 4.69) is 5.32 Å². The molecule has 0 bridgehead atoms. The van der Waals surface area contributed by atoms with Crippen LogP contribution in [0.15, 0.2) is 18.2 Å². The smallest absolute Gasteiger partial charge is 0.321 e. The quantitative estimate of drug-likeness (QED) is 0.828. The van der Waals surface area contributed by atoms with E-state index in [1.54, 1.807) is 0 Å². The van der Waals surface area contributed by atoms with Crippen molar-refractivity contribution < 1.29 is 17.8 Å². The van der Waals surface area contributed by atoms with Gasteiger partial charge in [0.1, 0.15) is 11.6 Å². The van der Waals surface area contributed by atoms with Gasteiger partial charge in [0.05, 0.1) is 5.69 Å². The third-order valence-corrected chi connectivity index (χ3v) is 4.52. The van der Waals surface area contributed by atoms with Gasteiger partial charge in [-0.3, -0.25) is 4.78 Å². The van der Waals surface area contributed by atoms with E-state index in [1.165, 1.54) is 4.90 Å². The molecule has 2 amide bonds. The molecule has 5 nitrogen and oxygen atoms in total. The van der Waals surface area contributed by atoms with Gasteiger partial charge in [-0.25, -0.2) is 17.8 Å². The normalized spacial score (nSPS) is 18.1. The van der Waals surface area contributed by atoms with Crippen molar-refractivity contribution in [3.05, 3.63) is 29.8 Å². The van der Waals surface area contributed by atoms with Crippen LogP contribution in [0, 0.1) is 16.4 Å². The zero-order valence-corrected chi connectivity index (χ0v) is 10.8. The van der Waals surface area contributed by atoms with Crippen molar-refractivity contribution in [3.63, 3.8) is 0 Å². The first-order valence-electron chi connectivity index (χ1n) is 5.62. The minimum absolute atomic E-state index is 0.103. The molecule has 1 aliphatic heterocycles. The molecule has 0 aliphatic carbocycles. The zero-order chi connectivity index (χ0) is 14.0. The third kappa shape index (κ3) is 3.40. The van der Waals surface area contributed by atoms with E-state index in [4.69, 9.17) is 4.78 Å². The van der Waals surface area contributed by atoms with E-state index < -0.39 is 27.4 Å². The number of rotatable bonds is 1. The highest BCUT2D eigenvalue weighted by Gasteiger charge is 2.23. The summed E-state index contributed by atoms with van der Waals surface area (Å²) in [6, 6.07) is 2.20. The minimum atomic E-state index is -2.59. The molecule has 0 saturated carbocycles.